The first-order valence-corrected chi connectivity index (χ1v) is 15.4. The van der Waals surface area contributed by atoms with E-state index in [1.807, 2.05) is 0 Å². The summed E-state index contributed by atoms with van der Waals surface area (Å²) in [4.78, 5) is 28.3. The van der Waals surface area contributed by atoms with E-state index in [0.717, 1.165) is 0 Å². The fourth-order valence-electron chi connectivity index (χ4n) is 11.6. The Balaban J connectivity index is 1.38. The lowest BCUT2D eigenvalue weighted by Gasteiger charge is -2.70. The molecule has 12 atom stereocenters. The standard InChI is InChI=1S/C32H44N2O8/c1-6-34-16-29(42-28(36)18-9-7-8-10-21(18)33-17(2)35)12-11-25(40-4)31-23(29)14-20(26(31)34)30(37)15-22(39-3)19-13-24(31)32(30,38)27(19)41-5/h7-10,19-20,22-27,37-38H,6,11-16H2,1-5H3,(H,33,35)/t19-,20?,22+,23?,24?,25?,26+,27?,29-,30+,31?,32+/m1/s1. The molecule has 1 aliphatic heterocycles. The summed E-state index contributed by atoms with van der Waals surface area (Å²) in [7, 11) is 5.05. The quantitative estimate of drug-likeness (QED) is 0.414. The van der Waals surface area contributed by atoms with E-state index in [1.165, 1.54) is 6.92 Å². The SMILES string of the molecule is CCN1C[C@]2(OC(=O)c3ccccc3NC(C)=O)CCC(OC)C34C2CC([C@H]13)[C@@]1(O)C[C@H](OC)[C@H]2CC4[C@]1(O)C2OC. The van der Waals surface area contributed by atoms with Gasteiger partial charge in [-0.15, -0.1) is 0 Å². The first-order chi connectivity index (χ1) is 20.1. The van der Waals surface area contributed by atoms with Gasteiger partial charge in [-0.2, -0.15) is 0 Å². The van der Waals surface area contributed by atoms with Gasteiger partial charge in [0.25, 0.3) is 0 Å². The topological polar surface area (TPSA) is 127 Å². The lowest BCUT2D eigenvalue weighted by atomic mass is 9.44. The number of piperidine rings is 1. The summed E-state index contributed by atoms with van der Waals surface area (Å²) >= 11 is 0. The number of ether oxygens (including phenoxy) is 4. The summed E-state index contributed by atoms with van der Waals surface area (Å²) < 4.78 is 25.1. The van der Waals surface area contributed by atoms with Crippen LogP contribution in [0.15, 0.2) is 24.3 Å². The van der Waals surface area contributed by atoms with Gasteiger partial charge in [-0.05, 0) is 44.4 Å². The summed E-state index contributed by atoms with van der Waals surface area (Å²) in [6.07, 6.45) is 1.91. The zero-order valence-corrected chi connectivity index (χ0v) is 25.2. The summed E-state index contributed by atoms with van der Waals surface area (Å²) in [6, 6.07) is 6.89. The maximum atomic E-state index is 14.0. The number of hydrogen-bond donors (Lipinski definition) is 3. The predicted octanol–water partition coefficient (Wildman–Crippen LogP) is 2.22. The Hall–Kier alpha value is -2.08. The van der Waals surface area contributed by atoms with Crippen molar-refractivity contribution in [3.05, 3.63) is 29.8 Å². The minimum Gasteiger partial charge on any atom is -0.454 e. The number of aliphatic hydroxyl groups is 2. The van der Waals surface area contributed by atoms with Crippen molar-refractivity contribution in [2.45, 2.75) is 87.1 Å². The average Bonchev–Trinajstić information content (AvgIpc) is 3.39. The number of carbonyl (C=O) groups excluding carboxylic acids is 2. The Kier molecular flexibility index (Phi) is 6.46. The molecule has 3 N–H and O–H groups in total. The summed E-state index contributed by atoms with van der Waals surface area (Å²) in [5.41, 5.74) is -3.57. The Morgan fingerprint density at radius 3 is 2.50 bits per heavy atom. The van der Waals surface area contributed by atoms with Crippen molar-refractivity contribution in [2.24, 2.45) is 29.1 Å². The molecule has 42 heavy (non-hydrogen) atoms. The molecule has 10 heteroatoms. The van der Waals surface area contributed by atoms with E-state index in [9.17, 15) is 19.8 Å². The van der Waals surface area contributed by atoms with Crippen molar-refractivity contribution in [3.63, 3.8) is 0 Å². The molecule has 5 saturated carbocycles. The van der Waals surface area contributed by atoms with Crippen LogP contribution >= 0.6 is 0 Å². The largest absolute Gasteiger partial charge is 0.454 e. The van der Waals surface area contributed by atoms with Crippen LogP contribution in [0.4, 0.5) is 5.69 Å². The van der Waals surface area contributed by atoms with Gasteiger partial charge in [0.15, 0.2) is 0 Å². The van der Waals surface area contributed by atoms with Crippen molar-refractivity contribution in [1.82, 2.24) is 4.90 Å². The maximum Gasteiger partial charge on any atom is 0.340 e. The van der Waals surface area contributed by atoms with Crippen LogP contribution in [0, 0.1) is 29.1 Å². The number of amides is 1. The van der Waals surface area contributed by atoms with Gasteiger partial charge in [-0.3, -0.25) is 9.69 Å². The molecule has 1 spiro atoms. The molecule has 0 radical (unpaired) electrons. The van der Waals surface area contributed by atoms with Gasteiger partial charge >= 0.3 is 5.97 Å². The van der Waals surface area contributed by atoms with Gasteiger partial charge < -0.3 is 34.5 Å². The molecule has 0 aromatic heterocycles. The van der Waals surface area contributed by atoms with E-state index < -0.39 is 34.3 Å². The minimum absolute atomic E-state index is 0.0432. The first kappa shape index (κ1) is 28.7. The molecule has 1 aromatic carbocycles. The molecule has 1 saturated heterocycles. The van der Waals surface area contributed by atoms with Crippen molar-refractivity contribution in [2.75, 3.05) is 39.7 Å². The number of likely N-dealkylation sites (tertiary alicyclic amines) is 1. The van der Waals surface area contributed by atoms with Gasteiger partial charge in [0.2, 0.25) is 5.91 Å². The lowest BCUT2D eigenvalue weighted by Crippen LogP contribution is -2.83. The number of anilines is 1. The van der Waals surface area contributed by atoms with E-state index in [2.05, 4.69) is 17.1 Å². The number of methoxy groups -OCH3 is 3. The van der Waals surface area contributed by atoms with Crippen molar-refractivity contribution < 1.29 is 38.7 Å². The molecule has 6 fully saturated rings. The Bertz CT molecular complexity index is 1290. The Labute approximate surface area is 247 Å². The number of fused-ring (bicyclic) bond motifs is 2. The molecule has 1 aromatic rings. The van der Waals surface area contributed by atoms with E-state index in [0.29, 0.717) is 56.4 Å². The molecule has 10 nitrogen and oxygen atoms in total. The van der Waals surface area contributed by atoms with Crippen LogP contribution in [0.3, 0.4) is 0 Å². The van der Waals surface area contributed by atoms with Crippen LogP contribution in [-0.2, 0) is 23.7 Å². The number of nitrogens with zero attached hydrogens (tertiary/aromatic N) is 1. The number of carbonyl (C=O) groups is 2. The second-order valence-electron chi connectivity index (χ2n) is 13.7. The number of likely N-dealkylation sites (N-methyl/N-ethyl adjacent to an activating group) is 1. The second kappa shape index (κ2) is 9.46. The van der Waals surface area contributed by atoms with Crippen LogP contribution in [0.5, 0.6) is 0 Å². The third kappa shape index (κ3) is 3.21. The molecule has 6 unspecified atom stereocenters. The van der Waals surface area contributed by atoms with Crippen molar-refractivity contribution in [1.29, 1.82) is 0 Å². The number of nitrogens with one attached hydrogen (secondary N) is 1. The highest BCUT2D eigenvalue weighted by atomic mass is 16.6. The molecular weight excluding hydrogens is 540 g/mol. The van der Waals surface area contributed by atoms with Crippen LogP contribution in [0.2, 0.25) is 0 Å². The molecule has 1 heterocycles. The predicted molar refractivity (Wildman–Crippen MR) is 152 cm³/mol. The Morgan fingerprint density at radius 2 is 1.83 bits per heavy atom. The van der Waals surface area contributed by atoms with Crippen molar-refractivity contribution >= 4 is 17.6 Å². The lowest BCUT2D eigenvalue weighted by molar-refractivity contribution is -0.337. The second-order valence-corrected chi connectivity index (χ2v) is 13.7. The van der Waals surface area contributed by atoms with Gasteiger partial charge in [0, 0.05) is 76.3 Å². The van der Waals surface area contributed by atoms with E-state index >= 15 is 0 Å². The van der Waals surface area contributed by atoms with E-state index in [4.69, 9.17) is 18.9 Å². The van der Waals surface area contributed by atoms with Gasteiger partial charge in [0.05, 0.1) is 29.6 Å². The fraction of sp³-hybridized carbons (Fsp3) is 0.750. The zero-order valence-electron chi connectivity index (χ0n) is 25.2. The van der Waals surface area contributed by atoms with Crippen LogP contribution < -0.4 is 5.32 Å². The summed E-state index contributed by atoms with van der Waals surface area (Å²) in [5.74, 6) is -1.54. The summed E-state index contributed by atoms with van der Waals surface area (Å²) in [5, 5.41) is 28.4. The third-order valence-electron chi connectivity index (χ3n) is 12.6. The Morgan fingerprint density at radius 1 is 1.07 bits per heavy atom. The number of esters is 1. The van der Waals surface area contributed by atoms with Crippen LogP contribution in [0.1, 0.15) is 56.3 Å². The number of benzene rings is 1. The molecule has 6 aliphatic rings. The summed E-state index contributed by atoms with van der Waals surface area (Å²) in [6.45, 7) is 4.79. The molecular formula is C32H44N2O8. The highest BCUT2D eigenvalue weighted by Gasteiger charge is 2.89. The number of hydrogen-bond acceptors (Lipinski definition) is 9. The van der Waals surface area contributed by atoms with E-state index in [1.54, 1.807) is 45.6 Å². The molecule has 1 amide bonds. The fourth-order valence-corrected chi connectivity index (χ4v) is 11.6. The monoisotopic (exact) mass is 584 g/mol. The first-order valence-electron chi connectivity index (χ1n) is 15.4. The number of para-hydroxylation sites is 1. The smallest absolute Gasteiger partial charge is 0.340 e. The van der Waals surface area contributed by atoms with Crippen molar-refractivity contribution in [3.8, 4) is 0 Å². The van der Waals surface area contributed by atoms with Crippen LogP contribution in [-0.4, -0.2) is 103 Å². The molecule has 230 valence electrons. The molecule has 7 bridgehead atoms. The van der Waals surface area contributed by atoms with Gasteiger partial charge in [-0.1, -0.05) is 19.1 Å². The van der Waals surface area contributed by atoms with E-state index in [-0.39, 0.29) is 47.8 Å². The van der Waals surface area contributed by atoms with Gasteiger partial charge in [-0.25, -0.2) is 4.79 Å². The minimum atomic E-state index is -1.48. The zero-order chi connectivity index (χ0) is 29.8. The third-order valence-corrected chi connectivity index (χ3v) is 12.6. The molecule has 5 aliphatic carbocycles. The average molecular weight is 585 g/mol. The highest BCUT2D eigenvalue weighted by molar-refractivity contribution is 6.00. The highest BCUT2D eigenvalue weighted by Crippen LogP contribution is 2.79. The van der Waals surface area contributed by atoms with Gasteiger partial charge in [0.1, 0.15) is 16.8 Å². The normalized spacial score (nSPS) is 48.2. The maximum absolute atomic E-state index is 14.0. The number of rotatable bonds is 7. The van der Waals surface area contributed by atoms with Crippen LogP contribution in [0.25, 0.3) is 0 Å². The molecule has 7 rings (SSSR count).